The van der Waals surface area contributed by atoms with E-state index in [0.29, 0.717) is 5.91 Å². The van der Waals surface area contributed by atoms with E-state index in [-0.39, 0.29) is 6.04 Å². The van der Waals surface area contributed by atoms with Crippen molar-refractivity contribution in [2.24, 2.45) is 0 Å². The van der Waals surface area contributed by atoms with Crippen LogP contribution in [-0.2, 0) is 11.3 Å². The molecule has 2 fully saturated rings. The van der Waals surface area contributed by atoms with Crippen molar-refractivity contribution in [3.05, 3.63) is 34.9 Å². The number of nitrogens with zero attached hydrogens (tertiary/aromatic N) is 2. The van der Waals surface area contributed by atoms with Gasteiger partial charge >= 0.3 is 0 Å². The largest absolute Gasteiger partial charge is 0.340 e. The van der Waals surface area contributed by atoms with Gasteiger partial charge in [-0.1, -0.05) is 30.2 Å². The minimum Gasteiger partial charge on any atom is -0.340 e. The van der Waals surface area contributed by atoms with E-state index in [4.69, 9.17) is 11.6 Å². The Morgan fingerprint density at radius 3 is 2.65 bits per heavy atom. The van der Waals surface area contributed by atoms with Gasteiger partial charge in [0.1, 0.15) is 0 Å². The summed E-state index contributed by atoms with van der Waals surface area (Å²) in [5.74, 6) is 0.304. The normalized spacial score (nSPS) is 23.5. The number of amides is 1. The summed E-state index contributed by atoms with van der Waals surface area (Å²) in [5.41, 5.74) is 1.28. The summed E-state index contributed by atoms with van der Waals surface area (Å²) in [6, 6.07) is 8.11. The number of hydrogen-bond acceptors (Lipinski definition) is 3. The fraction of sp³-hybridized carbons (Fsp3) is 0.611. The van der Waals surface area contributed by atoms with Crippen LogP contribution in [0.3, 0.4) is 0 Å². The number of benzene rings is 1. The lowest BCUT2D eigenvalue weighted by atomic mass is 10.0. The molecule has 1 atom stereocenters. The standard InChI is InChI=1S/C18H26ClN3O/c19-16-7-5-15(6-8-16)14-21-10-3-11-22(13-12-21)18(23)17-4-1-2-9-20-17/h5-8,17,20H,1-4,9-14H2/t17-/m1/s1. The topological polar surface area (TPSA) is 35.6 Å². The Balaban J connectivity index is 1.52. The molecule has 3 rings (SSSR count). The van der Waals surface area contributed by atoms with Crippen molar-refractivity contribution in [3.63, 3.8) is 0 Å². The van der Waals surface area contributed by atoms with Gasteiger partial charge in [-0.15, -0.1) is 0 Å². The highest BCUT2D eigenvalue weighted by molar-refractivity contribution is 6.30. The second-order valence-corrected chi connectivity index (χ2v) is 7.02. The van der Waals surface area contributed by atoms with Crippen LogP contribution in [0.25, 0.3) is 0 Å². The van der Waals surface area contributed by atoms with Gasteiger partial charge in [-0.25, -0.2) is 0 Å². The lowest BCUT2D eigenvalue weighted by Crippen LogP contribution is -2.49. The molecule has 0 saturated carbocycles. The fourth-order valence-corrected chi connectivity index (χ4v) is 3.61. The molecule has 5 heteroatoms. The number of carbonyl (C=O) groups is 1. The highest BCUT2D eigenvalue weighted by Gasteiger charge is 2.27. The van der Waals surface area contributed by atoms with E-state index in [1.165, 1.54) is 18.4 Å². The van der Waals surface area contributed by atoms with Crippen LogP contribution in [0.15, 0.2) is 24.3 Å². The number of rotatable bonds is 3. The number of piperidine rings is 1. The Hall–Kier alpha value is -1.10. The average Bonchev–Trinajstić information content (AvgIpc) is 2.83. The van der Waals surface area contributed by atoms with E-state index in [2.05, 4.69) is 27.2 Å². The molecule has 0 unspecified atom stereocenters. The van der Waals surface area contributed by atoms with Crippen molar-refractivity contribution >= 4 is 17.5 Å². The number of hydrogen-bond donors (Lipinski definition) is 1. The summed E-state index contributed by atoms with van der Waals surface area (Å²) in [4.78, 5) is 17.1. The van der Waals surface area contributed by atoms with Crippen LogP contribution in [0.4, 0.5) is 0 Å². The summed E-state index contributed by atoms with van der Waals surface area (Å²) in [7, 11) is 0. The predicted molar refractivity (Wildman–Crippen MR) is 93.6 cm³/mol. The first-order chi connectivity index (χ1) is 11.2. The molecule has 2 saturated heterocycles. The summed E-state index contributed by atoms with van der Waals surface area (Å²) in [6.45, 7) is 5.62. The zero-order valence-corrected chi connectivity index (χ0v) is 14.4. The first-order valence-electron chi connectivity index (χ1n) is 8.71. The number of nitrogens with one attached hydrogen (secondary N) is 1. The molecule has 1 N–H and O–H groups in total. The predicted octanol–water partition coefficient (Wildman–Crippen LogP) is 2.52. The minimum absolute atomic E-state index is 0.0477. The second kappa shape index (κ2) is 8.13. The van der Waals surface area contributed by atoms with Crippen LogP contribution >= 0.6 is 11.6 Å². The monoisotopic (exact) mass is 335 g/mol. The van der Waals surface area contributed by atoms with E-state index in [1.54, 1.807) is 0 Å². The van der Waals surface area contributed by atoms with Gasteiger partial charge in [0.05, 0.1) is 6.04 Å². The van der Waals surface area contributed by atoms with Gasteiger partial charge < -0.3 is 10.2 Å². The highest BCUT2D eigenvalue weighted by atomic mass is 35.5. The summed E-state index contributed by atoms with van der Waals surface area (Å²) in [5, 5.41) is 4.15. The molecular formula is C18H26ClN3O. The SMILES string of the molecule is O=C([C@H]1CCCCN1)N1CCCN(Cc2ccc(Cl)cc2)CC1. The van der Waals surface area contributed by atoms with Gasteiger partial charge in [0.2, 0.25) is 5.91 Å². The molecule has 1 amide bonds. The Bertz CT molecular complexity index is 514. The lowest BCUT2D eigenvalue weighted by molar-refractivity contribution is -0.133. The van der Waals surface area contributed by atoms with Crippen LogP contribution < -0.4 is 5.32 Å². The van der Waals surface area contributed by atoms with Gasteiger partial charge in [0.15, 0.2) is 0 Å². The maximum absolute atomic E-state index is 12.6. The molecular weight excluding hydrogens is 310 g/mol. The summed E-state index contributed by atoms with van der Waals surface area (Å²) < 4.78 is 0. The molecule has 0 bridgehead atoms. The van der Waals surface area contributed by atoms with Crippen molar-refractivity contribution in [1.29, 1.82) is 0 Å². The van der Waals surface area contributed by atoms with Gasteiger partial charge in [-0.2, -0.15) is 0 Å². The molecule has 0 aromatic heterocycles. The van der Waals surface area contributed by atoms with Crippen molar-refractivity contribution in [2.75, 3.05) is 32.7 Å². The first-order valence-corrected chi connectivity index (χ1v) is 9.09. The summed E-state index contributed by atoms with van der Waals surface area (Å²) in [6.07, 6.45) is 4.40. The Kier molecular flexibility index (Phi) is 5.92. The van der Waals surface area contributed by atoms with E-state index >= 15 is 0 Å². The molecule has 2 heterocycles. The van der Waals surface area contributed by atoms with E-state index in [1.807, 2.05) is 12.1 Å². The molecule has 4 nitrogen and oxygen atoms in total. The quantitative estimate of drug-likeness (QED) is 0.922. The number of halogens is 1. The molecule has 0 aliphatic carbocycles. The zero-order chi connectivity index (χ0) is 16.1. The molecule has 23 heavy (non-hydrogen) atoms. The zero-order valence-electron chi connectivity index (χ0n) is 13.6. The molecule has 0 radical (unpaired) electrons. The molecule has 126 valence electrons. The van der Waals surface area contributed by atoms with Crippen molar-refractivity contribution < 1.29 is 4.79 Å². The van der Waals surface area contributed by atoms with Crippen molar-refractivity contribution in [2.45, 2.75) is 38.3 Å². The van der Waals surface area contributed by atoms with Crippen molar-refractivity contribution in [1.82, 2.24) is 15.1 Å². The average molecular weight is 336 g/mol. The van der Waals surface area contributed by atoms with Gasteiger partial charge in [-0.3, -0.25) is 9.69 Å². The first kappa shape index (κ1) is 16.7. The maximum atomic E-state index is 12.6. The van der Waals surface area contributed by atoms with Crippen molar-refractivity contribution in [3.8, 4) is 0 Å². The van der Waals surface area contributed by atoms with E-state index < -0.39 is 0 Å². The number of carbonyl (C=O) groups excluding carboxylic acids is 1. The molecule has 1 aromatic rings. The van der Waals surface area contributed by atoms with Crippen LogP contribution in [0, 0.1) is 0 Å². The maximum Gasteiger partial charge on any atom is 0.239 e. The highest BCUT2D eigenvalue weighted by Crippen LogP contribution is 2.15. The van der Waals surface area contributed by atoms with Crippen LogP contribution in [0.1, 0.15) is 31.2 Å². The minimum atomic E-state index is 0.0477. The molecule has 2 aliphatic heterocycles. The third-order valence-electron chi connectivity index (χ3n) is 4.83. The van der Waals surface area contributed by atoms with Gasteiger partial charge in [0.25, 0.3) is 0 Å². The second-order valence-electron chi connectivity index (χ2n) is 6.58. The Labute approximate surface area is 143 Å². The van der Waals surface area contributed by atoms with Crippen LogP contribution in [0.2, 0.25) is 5.02 Å². The van der Waals surface area contributed by atoms with Crippen LogP contribution in [-0.4, -0.2) is 54.5 Å². The van der Waals surface area contributed by atoms with E-state index in [9.17, 15) is 4.79 Å². The molecule has 0 spiro atoms. The molecule has 2 aliphatic rings. The third-order valence-corrected chi connectivity index (χ3v) is 5.08. The fourth-order valence-electron chi connectivity index (χ4n) is 3.48. The van der Waals surface area contributed by atoms with E-state index in [0.717, 1.165) is 57.1 Å². The summed E-state index contributed by atoms with van der Waals surface area (Å²) >= 11 is 5.94. The van der Waals surface area contributed by atoms with Gasteiger partial charge in [-0.05, 0) is 43.5 Å². The third kappa shape index (κ3) is 4.69. The van der Waals surface area contributed by atoms with Gasteiger partial charge in [0, 0.05) is 37.7 Å². The Morgan fingerprint density at radius 1 is 1.09 bits per heavy atom. The Morgan fingerprint density at radius 2 is 1.91 bits per heavy atom. The van der Waals surface area contributed by atoms with Crippen LogP contribution in [0.5, 0.6) is 0 Å². The smallest absolute Gasteiger partial charge is 0.239 e. The molecule has 1 aromatic carbocycles. The lowest BCUT2D eigenvalue weighted by Gasteiger charge is -2.29.